The lowest BCUT2D eigenvalue weighted by Gasteiger charge is -2.11. The maximum atomic E-state index is 12.7. The molecule has 0 bridgehead atoms. The van der Waals surface area contributed by atoms with Crippen molar-refractivity contribution in [2.75, 3.05) is 0 Å². The van der Waals surface area contributed by atoms with Crippen molar-refractivity contribution < 1.29 is 4.79 Å². The van der Waals surface area contributed by atoms with Crippen molar-refractivity contribution in [2.45, 2.75) is 6.54 Å². The molecule has 0 spiro atoms. The average Bonchev–Trinajstić information content (AvgIpc) is 3.39. The Labute approximate surface area is 160 Å². The van der Waals surface area contributed by atoms with Gasteiger partial charge >= 0.3 is 0 Å². The molecule has 4 aromatic rings. The maximum Gasteiger partial charge on any atom is 0.255 e. The van der Waals surface area contributed by atoms with Gasteiger partial charge in [-0.25, -0.2) is 4.68 Å². The van der Waals surface area contributed by atoms with Gasteiger partial charge in [-0.05, 0) is 29.8 Å². The molecule has 1 amide bonds. The van der Waals surface area contributed by atoms with E-state index in [1.807, 2.05) is 48.7 Å². The third-order valence-electron chi connectivity index (χ3n) is 4.20. The average molecular weight is 378 g/mol. The minimum Gasteiger partial charge on any atom is -0.348 e. The first kappa shape index (κ1) is 17.1. The van der Waals surface area contributed by atoms with Crippen LogP contribution in [-0.4, -0.2) is 25.9 Å². The first-order chi connectivity index (χ1) is 13.2. The summed E-state index contributed by atoms with van der Waals surface area (Å²) in [6.07, 6.45) is 5.12. The predicted molar refractivity (Wildman–Crippen MR) is 104 cm³/mol. The van der Waals surface area contributed by atoms with E-state index in [-0.39, 0.29) is 5.91 Å². The molecular weight excluding hydrogens is 362 g/mol. The third kappa shape index (κ3) is 3.61. The molecule has 2 N–H and O–H groups in total. The molecule has 0 radical (unpaired) electrons. The molecule has 0 aliphatic carbocycles. The summed E-state index contributed by atoms with van der Waals surface area (Å²) in [5.41, 5.74) is 3.87. The Kier molecular flexibility index (Phi) is 4.72. The van der Waals surface area contributed by atoms with E-state index in [9.17, 15) is 4.79 Å². The van der Waals surface area contributed by atoms with Crippen LogP contribution < -0.4 is 5.32 Å². The van der Waals surface area contributed by atoms with Crippen molar-refractivity contribution in [3.8, 4) is 16.9 Å². The van der Waals surface area contributed by atoms with Gasteiger partial charge in [0.05, 0.1) is 23.1 Å². The van der Waals surface area contributed by atoms with Crippen LogP contribution in [0, 0.1) is 0 Å². The molecule has 2 heterocycles. The number of carbonyl (C=O) groups excluding carboxylic acids is 1. The lowest BCUT2D eigenvalue weighted by Crippen LogP contribution is -2.23. The number of halogens is 1. The third-order valence-corrected chi connectivity index (χ3v) is 4.45. The molecule has 0 saturated heterocycles. The molecule has 2 aromatic heterocycles. The van der Waals surface area contributed by atoms with Gasteiger partial charge in [-0.2, -0.15) is 10.2 Å². The van der Waals surface area contributed by atoms with Crippen LogP contribution in [0.5, 0.6) is 0 Å². The Morgan fingerprint density at radius 1 is 1.11 bits per heavy atom. The molecule has 0 aliphatic rings. The predicted octanol–water partition coefficient (Wildman–Crippen LogP) is 3.85. The van der Waals surface area contributed by atoms with E-state index >= 15 is 0 Å². The fraction of sp³-hybridized carbons (Fsp3) is 0.0500. The quantitative estimate of drug-likeness (QED) is 0.554. The normalized spacial score (nSPS) is 10.7. The zero-order valence-electron chi connectivity index (χ0n) is 14.3. The summed E-state index contributed by atoms with van der Waals surface area (Å²) in [6.45, 7) is 0.375. The highest BCUT2D eigenvalue weighted by Gasteiger charge is 2.15. The number of amides is 1. The van der Waals surface area contributed by atoms with Crippen molar-refractivity contribution in [3.63, 3.8) is 0 Å². The first-order valence-electron chi connectivity index (χ1n) is 8.38. The standard InChI is InChI=1S/C20H16ClN5O/c21-16-8-6-14(7-9-16)19-17(13-23-25-19)20(27)22-12-15-4-1-2-5-18(15)26-11-3-10-24-26/h1-11,13H,12H2,(H,22,27)(H,23,25). The van der Waals surface area contributed by atoms with Gasteiger partial charge in [0.15, 0.2) is 0 Å². The monoisotopic (exact) mass is 377 g/mol. The van der Waals surface area contributed by atoms with Gasteiger partial charge in [0.1, 0.15) is 0 Å². The van der Waals surface area contributed by atoms with E-state index in [1.165, 1.54) is 6.20 Å². The first-order valence-corrected chi connectivity index (χ1v) is 8.75. The van der Waals surface area contributed by atoms with Crippen LogP contribution in [0.25, 0.3) is 16.9 Å². The van der Waals surface area contributed by atoms with Crippen molar-refractivity contribution in [1.82, 2.24) is 25.3 Å². The largest absolute Gasteiger partial charge is 0.348 e. The van der Waals surface area contributed by atoms with Gasteiger partial charge in [0, 0.05) is 29.5 Å². The summed E-state index contributed by atoms with van der Waals surface area (Å²) in [7, 11) is 0. The lowest BCUT2D eigenvalue weighted by atomic mass is 10.1. The molecule has 134 valence electrons. The summed E-state index contributed by atoms with van der Waals surface area (Å²) in [5.74, 6) is -0.205. The number of H-pyrrole nitrogens is 1. The highest BCUT2D eigenvalue weighted by Crippen LogP contribution is 2.23. The molecule has 0 atom stereocenters. The second-order valence-electron chi connectivity index (χ2n) is 5.93. The number of benzene rings is 2. The molecule has 0 saturated carbocycles. The van der Waals surface area contributed by atoms with Crippen LogP contribution >= 0.6 is 11.6 Å². The van der Waals surface area contributed by atoms with Crippen molar-refractivity contribution >= 4 is 17.5 Å². The molecular formula is C20H16ClN5O. The summed E-state index contributed by atoms with van der Waals surface area (Å²) in [6, 6.07) is 16.9. The second kappa shape index (κ2) is 7.47. The number of nitrogens with one attached hydrogen (secondary N) is 2. The molecule has 0 aliphatic heterocycles. The summed E-state index contributed by atoms with van der Waals surface area (Å²) >= 11 is 5.94. The van der Waals surface area contributed by atoms with Crippen LogP contribution in [-0.2, 0) is 6.54 Å². The minimum atomic E-state index is -0.205. The fourth-order valence-electron chi connectivity index (χ4n) is 2.86. The van der Waals surface area contributed by atoms with Crippen LogP contribution in [0.3, 0.4) is 0 Å². The topological polar surface area (TPSA) is 75.6 Å². The second-order valence-corrected chi connectivity index (χ2v) is 6.36. The number of para-hydroxylation sites is 1. The van der Waals surface area contributed by atoms with Gasteiger partial charge in [-0.3, -0.25) is 9.89 Å². The van der Waals surface area contributed by atoms with Gasteiger partial charge in [0.25, 0.3) is 5.91 Å². The van der Waals surface area contributed by atoms with Crippen molar-refractivity contribution in [1.29, 1.82) is 0 Å². The Hall–Kier alpha value is -3.38. The Morgan fingerprint density at radius 2 is 1.93 bits per heavy atom. The number of carbonyl (C=O) groups is 1. The molecule has 0 fully saturated rings. The molecule has 7 heteroatoms. The molecule has 0 unspecified atom stereocenters. The Balaban J connectivity index is 1.54. The zero-order valence-corrected chi connectivity index (χ0v) is 15.0. The highest BCUT2D eigenvalue weighted by atomic mass is 35.5. The van der Waals surface area contributed by atoms with Crippen LogP contribution in [0.1, 0.15) is 15.9 Å². The van der Waals surface area contributed by atoms with Crippen LogP contribution in [0.2, 0.25) is 5.02 Å². The highest BCUT2D eigenvalue weighted by molar-refractivity contribution is 6.30. The van der Waals surface area contributed by atoms with E-state index < -0.39 is 0 Å². The number of nitrogens with zero attached hydrogens (tertiary/aromatic N) is 3. The van der Waals surface area contributed by atoms with Gasteiger partial charge in [0.2, 0.25) is 0 Å². The van der Waals surface area contributed by atoms with E-state index in [4.69, 9.17) is 11.6 Å². The van der Waals surface area contributed by atoms with Gasteiger partial charge in [-0.15, -0.1) is 0 Å². The van der Waals surface area contributed by atoms with E-state index in [2.05, 4.69) is 20.6 Å². The van der Waals surface area contributed by atoms with Crippen molar-refractivity contribution in [3.05, 3.63) is 89.3 Å². The van der Waals surface area contributed by atoms with E-state index in [0.717, 1.165) is 16.8 Å². The summed E-state index contributed by atoms with van der Waals surface area (Å²) < 4.78 is 1.78. The minimum absolute atomic E-state index is 0.205. The van der Waals surface area contributed by atoms with Crippen molar-refractivity contribution in [2.24, 2.45) is 0 Å². The number of hydrogen-bond donors (Lipinski definition) is 2. The van der Waals surface area contributed by atoms with Gasteiger partial charge < -0.3 is 5.32 Å². The number of hydrogen-bond acceptors (Lipinski definition) is 3. The zero-order chi connectivity index (χ0) is 18.6. The Bertz CT molecular complexity index is 1050. The number of aromatic nitrogens is 4. The number of rotatable bonds is 5. The van der Waals surface area contributed by atoms with Crippen LogP contribution in [0.15, 0.2) is 73.2 Å². The molecule has 6 nitrogen and oxygen atoms in total. The molecule has 2 aromatic carbocycles. The van der Waals surface area contributed by atoms with Crippen LogP contribution in [0.4, 0.5) is 0 Å². The summed E-state index contributed by atoms with van der Waals surface area (Å²) in [4.78, 5) is 12.7. The van der Waals surface area contributed by atoms with Gasteiger partial charge in [-0.1, -0.05) is 41.9 Å². The van der Waals surface area contributed by atoms with E-state index in [0.29, 0.717) is 22.8 Å². The number of aromatic amines is 1. The smallest absolute Gasteiger partial charge is 0.255 e. The maximum absolute atomic E-state index is 12.7. The summed E-state index contributed by atoms with van der Waals surface area (Å²) in [5, 5.41) is 14.8. The van der Waals surface area contributed by atoms with E-state index in [1.54, 1.807) is 23.0 Å². The lowest BCUT2D eigenvalue weighted by molar-refractivity contribution is 0.0951. The Morgan fingerprint density at radius 3 is 2.70 bits per heavy atom. The SMILES string of the molecule is O=C(NCc1ccccc1-n1cccn1)c1cn[nH]c1-c1ccc(Cl)cc1. The molecule has 4 rings (SSSR count). The fourth-order valence-corrected chi connectivity index (χ4v) is 2.99. The molecule has 27 heavy (non-hydrogen) atoms.